The van der Waals surface area contributed by atoms with E-state index >= 15 is 0 Å². The summed E-state index contributed by atoms with van der Waals surface area (Å²) in [7, 11) is 1.62. The van der Waals surface area contributed by atoms with E-state index in [1.54, 1.807) is 7.11 Å². The molecule has 0 heterocycles. The highest BCUT2D eigenvalue weighted by Gasteiger charge is 2.26. The Bertz CT molecular complexity index is 432. The summed E-state index contributed by atoms with van der Waals surface area (Å²) in [5.74, 6) is 0.821. The molecular weight excluding hydrogens is 244 g/mol. The average Bonchev–Trinajstić information content (AvgIpc) is 2.34. The van der Waals surface area contributed by atoms with Crippen molar-refractivity contribution in [2.45, 2.75) is 31.7 Å². The summed E-state index contributed by atoms with van der Waals surface area (Å²) in [6, 6.07) is 7.68. The molecule has 1 unspecified atom stereocenters. The fourth-order valence-electron chi connectivity index (χ4n) is 2.28. The molecule has 0 spiro atoms. The van der Waals surface area contributed by atoms with Crippen LogP contribution in [0.5, 0.6) is 5.75 Å². The largest absolute Gasteiger partial charge is 0.496 e. The van der Waals surface area contributed by atoms with Crippen LogP contribution in [0.2, 0.25) is 0 Å². The van der Waals surface area contributed by atoms with Gasteiger partial charge in [-0.15, -0.1) is 0 Å². The van der Waals surface area contributed by atoms with Gasteiger partial charge in [-0.2, -0.15) is 0 Å². The molecule has 0 aliphatic rings. The zero-order valence-corrected chi connectivity index (χ0v) is 11.6. The molecule has 5 heteroatoms. The van der Waals surface area contributed by atoms with Crippen LogP contribution in [0.25, 0.3) is 0 Å². The number of amides is 1. The van der Waals surface area contributed by atoms with E-state index in [1.807, 2.05) is 38.1 Å². The quantitative estimate of drug-likeness (QED) is 0.736. The van der Waals surface area contributed by atoms with Crippen molar-refractivity contribution in [3.05, 3.63) is 29.8 Å². The third-order valence-corrected chi connectivity index (χ3v) is 3.07. The number of para-hydroxylation sites is 1. The Labute approximate surface area is 113 Å². The lowest BCUT2D eigenvalue weighted by Crippen LogP contribution is -2.44. The van der Waals surface area contributed by atoms with Crippen LogP contribution in [0.3, 0.4) is 0 Å². The zero-order valence-electron chi connectivity index (χ0n) is 11.6. The molecule has 1 atom stereocenters. The van der Waals surface area contributed by atoms with E-state index in [9.17, 15) is 4.79 Å². The Morgan fingerprint density at radius 1 is 1.47 bits per heavy atom. The maximum absolute atomic E-state index is 10.8. The van der Waals surface area contributed by atoms with Crippen LogP contribution in [0.4, 0.5) is 4.79 Å². The summed E-state index contributed by atoms with van der Waals surface area (Å²) >= 11 is 0. The van der Waals surface area contributed by atoms with E-state index in [2.05, 4.69) is 5.32 Å². The molecule has 0 radical (unpaired) electrons. The van der Waals surface area contributed by atoms with Gasteiger partial charge in [-0.1, -0.05) is 18.2 Å². The summed E-state index contributed by atoms with van der Waals surface area (Å²) in [6.07, 6.45) is -0.420. The fourth-order valence-corrected chi connectivity index (χ4v) is 2.28. The second-order valence-electron chi connectivity index (χ2n) is 5.19. The zero-order chi connectivity index (χ0) is 14.5. The number of hydrogen-bond donors (Lipinski definition) is 3. The van der Waals surface area contributed by atoms with Crippen LogP contribution in [0, 0.1) is 0 Å². The maximum Gasteiger partial charge on any atom is 0.405 e. The average molecular weight is 266 g/mol. The third-order valence-electron chi connectivity index (χ3n) is 3.07. The van der Waals surface area contributed by atoms with E-state index in [4.69, 9.17) is 15.6 Å². The van der Waals surface area contributed by atoms with Crippen LogP contribution in [-0.4, -0.2) is 30.4 Å². The first-order valence-electron chi connectivity index (χ1n) is 6.23. The summed E-state index contributed by atoms with van der Waals surface area (Å²) in [5, 5.41) is 11.4. The third kappa shape index (κ3) is 4.44. The number of rotatable bonds is 6. The Hall–Kier alpha value is -1.75. The van der Waals surface area contributed by atoms with Crippen molar-refractivity contribution in [2.75, 3.05) is 13.7 Å². The molecule has 1 aromatic rings. The highest BCUT2D eigenvalue weighted by Crippen LogP contribution is 2.31. The van der Waals surface area contributed by atoms with Gasteiger partial charge in [0.15, 0.2) is 0 Å². The summed E-state index contributed by atoms with van der Waals surface area (Å²) in [5.41, 5.74) is 6.30. The van der Waals surface area contributed by atoms with Crippen LogP contribution in [0.1, 0.15) is 31.7 Å². The van der Waals surface area contributed by atoms with Gasteiger partial charge in [-0.05, 0) is 38.4 Å². The smallest absolute Gasteiger partial charge is 0.405 e. The Kier molecular flexibility index (Phi) is 5.18. The number of carbonyl (C=O) groups is 1. The number of hydrogen-bond acceptors (Lipinski definition) is 3. The summed E-state index contributed by atoms with van der Waals surface area (Å²) in [6.45, 7) is 4.13. The van der Waals surface area contributed by atoms with Crippen molar-refractivity contribution in [1.82, 2.24) is 5.32 Å². The number of nitrogens with two attached hydrogens (primary N) is 1. The molecule has 0 aliphatic heterocycles. The lowest BCUT2D eigenvalue weighted by atomic mass is 9.85. The van der Waals surface area contributed by atoms with Crippen LogP contribution < -0.4 is 15.8 Å². The number of nitrogens with one attached hydrogen (secondary N) is 1. The molecule has 4 N–H and O–H groups in total. The predicted molar refractivity (Wildman–Crippen MR) is 74.6 cm³/mol. The van der Waals surface area contributed by atoms with Crippen molar-refractivity contribution in [1.29, 1.82) is 0 Å². The lowest BCUT2D eigenvalue weighted by Gasteiger charge is -2.30. The molecule has 1 amide bonds. The SMILES string of the molecule is COc1ccccc1C(CN)CC(C)(C)NC(=O)O. The number of benzene rings is 1. The van der Waals surface area contributed by atoms with E-state index in [1.165, 1.54) is 0 Å². The Morgan fingerprint density at radius 3 is 2.63 bits per heavy atom. The monoisotopic (exact) mass is 266 g/mol. The maximum atomic E-state index is 10.8. The van der Waals surface area contributed by atoms with E-state index in [0.717, 1.165) is 11.3 Å². The van der Waals surface area contributed by atoms with Crippen LogP contribution >= 0.6 is 0 Å². The highest BCUT2D eigenvalue weighted by molar-refractivity contribution is 5.65. The minimum atomic E-state index is -1.03. The van der Waals surface area contributed by atoms with Crippen molar-refractivity contribution >= 4 is 6.09 Å². The topological polar surface area (TPSA) is 84.6 Å². The van der Waals surface area contributed by atoms with Gasteiger partial charge >= 0.3 is 6.09 Å². The van der Waals surface area contributed by atoms with Gasteiger partial charge in [0.05, 0.1) is 7.11 Å². The van der Waals surface area contributed by atoms with Crippen LogP contribution in [0.15, 0.2) is 24.3 Å². The van der Waals surface area contributed by atoms with Gasteiger partial charge in [0, 0.05) is 11.5 Å². The first-order valence-corrected chi connectivity index (χ1v) is 6.23. The predicted octanol–water partition coefficient (Wildman–Crippen LogP) is 2.17. The minimum absolute atomic E-state index is 0.0398. The second kappa shape index (κ2) is 6.43. The molecule has 1 rings (SSSR count). The standard InChI is InChI=1S/C14H22N2O3/c1-14(2,16-13(17)18)8-10(9-15)11-6-4-5-7-12(11)19-3/h4-7,10,16H,8-9,15H2,1-3H3,(H,17,18). The van der Waals surface area contributed by atoms with E-state index in [0.29, 0.717) is 13.0 Å². The first kappa shape index (κ1) is 15.3. The van der Waals surface area contributed by atoms with Gasteiger partial charge < -0.3 is 20.9 Å². The molecule has 106 valence electrons. The Balaban J connectivity index is 2.92. The van der Waals surface area contributed by atoms with Gasteiger partial charge in [0.1, 0.15) is 5.75 Å². The Morgan fingerprint density at radius 2 is 2.11 bits per heavy atom. The van der Waals surface area contributed by atoms with Crippen molar-refractivity contribution < 1.29 is 14.6 Å². The molecule has 19 heavy (non-hydrogen) atoms. The van der Waals surface area contributed by atoms with Crippen molar-refractivity contribution in [3.63, 3.8) is 0 Å². The van der Waals surface area contributed by atoms with Gasteiger partial charge in [-0.3, -0.25) is 0 Å². The summed E-state index contributed by atoms with van der Waals surface area (Å²) < 4.78 is 5.33. The molecule has 0 fully saturated rings. The minimum Gasteiger partial charge on any atom is -0.496 e. The number of carboxylic acid groups (broad SMARTS) is 1. The molecule has 0 saturated carbocycles. The fraction of sp³-hybridized carbons (Fsp3) is 0.500. The molecule has 1 aromatic carbocycles. The van der Waals surface area contributed by atoms with Gasteiger partial charge in [0.2, 0.25) is 0 Å². The van der Waals surface area contributed by atoms with Gasteiger partial charge in [-0.25, -0.2) is 4.79 Å². The van der Waals surface area contributed by atoms with Crippen LogP contribution in [-0.2, 0) is 0 Å². The highest BCUT2D eigenvalue weighted by atomic mass is 16.5. The molecule has 5 nitrogen and oxygen atoms in total. The molecule has 0 saturated heterocycles. The van der Waals surface area contributed by atoms with E-state index in [-0.39, 0.29) is 5.92 Å². The molecule has 0 bridgehead atoms. The van der Waals surface area contributed by atoms with Gasteiger partial charge in [0.25, 0.3) is 0 Å². The number of ether oxygens (including phenoxy) is 1. The van der Waals surface area contributed by atoms with Crippen molar-refractivity contribution in [2.24, 2.45) is 5.73 Å². The second-order valence-corrected chi connectivity index (χ2v) is 5.19. The summed E-state index contributed by atoms with van der Waals surface area (Å²) in [4.78, 5) is 10.8. The molecular formula is C14H22N2O3. The normalized spacial score (nSPS) is 12.8. The first-order chi connectivity index (χ1) is 8.89. The number of methoxy groups -OCH3 is 1. The van der Waals surface area contributed by atoms with Crippen molar-refractivity contribution in [3.8, 4) is 5.75 Å². The molecule has 0 aromatic heterocycles. The lowest BCUT2D eigenvalue weighted by molar-refractivity contribution is 0.179. The molecule has 0 aliphatic carbocycles. The van der Waals surface area contributed by atoms with E-state index < -0.39 is 11.6 Å².